The minimum atomic E-state index is -0.987. The summed E-state index contributed by atoms with van der Waals surface area (Å²) in [5.74, 6) is -0.139. The summed E-state index contributed by atoms with van der Waals surface area (Å²) in [6.07, 6.45) is 0. The van der Waals surface area contributed by atoms with Crippen molar-refractivity contribution in [1.82, 2.24) is 5.32 Å². The lowest BCUT2D eigenvalue weighted by atomic mass is 9.85. The zero-order valence-electron chi connectivity index (χ0n) is 10.6. The number of carbonyl (C=O) groups is 1. The molecule has 0 unspecified atom stereocenters. The van der Waals surface area contributed by atoms with E-state index in [-0.39, 0.29) is 11.8 Å². The molecule has 0 aliphatic carbocycles. The van der Waals surface area contributed by atoms with E-state index in [1.54, 1.807) is 27.7 Å². The SMILES string of the molecule is CC(C)[C@@H](N)C(=O)NC(C)(C)C(C)(C)O. The second-order valence-corrected chi connectivity index (χ2v) is 5.44. The van der Waals surface area contributed by atoms with Gasteiger partial charge in [0.05, 0.1) is 17.2 Å². The predicted molar refractivity (Wildman–Crippen MR) is 61.3 cm³/mol. The van der Waals surface area contributed by atoms with Crippen LogP contribution in [-0.4, -0.2) is 28.2 Å². The van der Waals surface area contributed by atoms with Gasteiger partial charge >= 0.3 is 0 Å². The monoisotopic (exact) mass is 216 g/mol. The Morgan fingerprint density at radius 1 is 1.27 bits per heavy atom. The molecule has 0 saturated carbocycles. The molecule has 90 valence electrons. The van der Waals surface area contributed by atoms with Gasteiger partial charge in [-0.1, -0.05) is 13.8 Å². The molecule has 1 atom stereocenters. The third-order valence-electron chi connectivity index (χ3n) is 2.99. The standard InChI is InChI=1S/C11H24N2O2/c1-7(2)8(12)9(14)13-10(3,4)11(5,6)15/h7-8,15H,12H2,1-6H3,(H,13,14)/t8-/m1/s1. The first-order valence-electron chi connectivity index (χ1n) is 5.29. The molecule has 0 bridgehead atoms. The highest BCUT2D eigenvalue weighted by Gasteiger charge is 2.37. The molecule has 0 saturated heterocycles. The molecule has 0 aromatic carbocycles. The first-order valence-corrected chi connectivity index (χ1v) is 5.29. The molecular weight excluding hydrogens is 192 g/mol. The molecule has 1 amide bonds. The van der Waals surface area contributed by atoms with Crippen LogP contribution >= 0.6 is 0 Å². The number of aliphatic hydroxyl groups is 1. The van der Waals surface area contributed by atoms with Crippen molar-refractivity contribution in [1.29, 1.82) is 0 Å². The number of nitrogens with two attached hydrogens (primary N) is 1. The molecule has 4 nitrogen and oxygen atoms in total. The van der Waals surface area contributed by atoms with E-state index < -0.39 is 17.2 Å². The first-order chi connectivity index (χ1) is 6.49. The van der Waals surface area contributed by atoms with Gasteiger partial charge in [0, 0.05) is 0 Å². The van der Waals surface area contributed by atoms with Gasteiger partial charge in [0.1, 0.15) is 0 Å². The van der Waals surface area contributed by atoms with Crippen molar-refractivity contribution in [3.8, 4) is 0 Å². The van der Waals surface area contributed by atoms with Crippen molar-refractivity contribution in [2.24, 2.45) is 11.7 Å². The van der Waals surface area contributed by atoms with E-state index in [2.05, 4.69) is 5.32 Å². The Bertz CT molecular complexity index is 229. The van der Waals surface area contributed by atoms with Crippen LogP contribution in [0.25, 0.3) is 0 Å². The van der Waals surface area contributed by atoms with Crippen LogP contribution < -0.4 is 11.1 Å². The van der Waals surface area contributed by atoms with Crippen LogP contribution in [0.2, 0.25) is 0 Å². The zero-order chi connectivity index (χ0) is 12.4. The minimum Gasteiger partial charge on any atom is -0.388 e. The van der Waals surface area contributed by atoms with Crippen molar-refractivity contribution in [2.45, 2.75) is 58.7 Å². The van der Waals surface area contributed by atoms with Gasteiger partial charge in [0.25, 0.3) is 0 Å². The maximum atomic E-state index is 11.7. The Morgan fingerprint density at radius 2 is 1.67 bits per heavy atom. The minimum absolute atomic E-state index is 0.0857. The fourth-order valence-electron chi connectivity index (χ4n) is 0.847. The quantitative estimate of drug-likeness (QED) is 0.645. The summed E-state index contributed by atoms with van der Waals surface area (Å²) in [7, 11) is 0. The van der Waals surface area contributed by atoms with Crippen LogP contribution in [-0.2, 0) is 4.79 Å². The fourth-order valence-corrected chi connectivity index (χ4v) is 0.847. The summed E-state index contributed by atoms with van der Waals surface area (Å²) in [6.45, 7) is 10.7. The number of rotatable bonds is 4. The smallest absolute Gasteiger partial charge is 0.237 e. The molecular formula is C11H24N2O2. The van der Waals surface area contributed by atoms with Crippen LogP contribution in [0, 0.1) is 5.92 Å². The van der Waals surface area contributed by atoms with E-state index in [0.717, 1.165) is 0 Å². The molecule has 15 heavy (non-hydrogen) atoms. The van der Waals surface area contributed by atoms with Gasteiger partial charge in [-0.3, -0.25) is 4.79 Å². The van der Waals surface area contributed by atoms with Crippen LogP contribution in [0.5, 0.6) is 0 Å². The van der Waals surface area contributed by atoms with Crippen LogP contribution in [0.15, 0.2) is 0 Å². The number of carbonyl (C=O) groups excluding carboxylic acids is 1. The van der Waals surface area contributed by atoms with Gasteiger partial charge in [0.15, 0.2) is 0 Å². The number of hydrogen-bond donors (Lipinski definition) is 3. The van der Waals surface area contributed by atoms with E-state index in [1.165, 1.54) is 0 Å². The second kappa shape index (κ2) is 4.49. The highest BCUT2D eigenvalue weighted by Crippen LogP contribution is 2.20. The molecule has 0 rings (SSSR count). The van der Waals surface area contributed by atoms with Gasteiger partial charge in [0.2, 0.25) is 5.91 Å². The lowest BCUT2D eigenvalue weighted by Gasteiger charge is -2.38. The summed E-state index contributed by atoms with van der Waals surface area (Å²) < 4.78 is 0. The van der Waals surface area contributed by atoms with Gasteiger partial charge < -0.3 is 16.2 Å². The topological polar surface area (TPSA) is 75.4 Å². The zero-order valence-corrected chi connectivity index (χ0v) is 10.6. The summed E-state index contributed by atoms with van der Waals surface area (Å²) >= 11 is 0. The highest BCUT2D eigenvalue weighted by atomic mass is 16.3. The van der Waals surface area contributed by atoms with Gasteiger partial charge in [-0.2, -0.15) is 0 Å². The average molecular weight is 216 g/mol. The molecule has 4 heteroatoms. The van der Waals surface area contributed by atoms with Crippen LogP contribution in [0.1, 0.15) is 41.5 Å². The van der Waals surface area contributed by atoms with Crippen LogP contribution in [0.3, 0.4) is 0 Å². The summed E-state index contributed by atoms with van der Waals surface area (Å²) in [5.41, 5.74) is 4.03. The Kier molecular flexibility index (Phi) is 4.31. The number of hydrogen-bond acceptors (Lipinski definition) is 3. The molecule has 0 radical (unpaired) electrons. The molecule has 0 aromatic rings. The third-order valence-corrected chi connectivity index (χ3v) is 2.99. The van der Waals surface area contributed by atoms with Gasteiger partial charge in [-0.25, -0.2) is 0 Å². The third kappa shape index (κ3) is 3.80. The first kappa shape index (κ1) is 14.4. The van der Waals surface area contributed by atoms with Gasteiger partial charge in [-0.15, -0.1) is 0 Å². The molecule has 0 fully saturated rings. The lowest BCUT2D eigenvalue weighted by molar-refractivity contribution is -0.128. The second-order valence-electron chi connectivity index (χ2n) is 5.44. The van der Waals surface area contributed by atoms with Crippen molar-refractivity contribution < 1.29 is 9.90 Å². The molecule has 0 heterocycles. The summed E-state index contributed by atoms with van der Waals surface area (Å²) in [4.78, 5) is 11.7. The molecule has 0 spiro atoms. The Balaban J connectivity index is 4.55. The van der Waals surface area contributed by atoms with Crippen molar-refractivity contribution in [3.05, 3.63) is 0 Å². The highest BCUT2D eigenvalue weighted by molar-refractivity contribution is 5.82. The van der Waals surface area contributed by atoms with Crippen LogP contribution in [0.4, 0.5) is 0 Å². The van der Waals surface area contributed by atoms with Crippen molar-refractivity contribution in [2.75, 3.05) is 0 Å². The van der Waals surface area contributed by atoms with Gasteiger partial charge in [-0.05, 0) is 33.6 Å². The summed E-state index contributed by atoms with van der Waals surface area (Å²) in [6, 6.07) is -0.536. The normalized spacial score (nSPS) is 15.3. The van der Waals surface area contributed by atoms with E-state index in [0.29, 0.717) is 0 Å². The predicted octanol–water partition coefficient (Wildman–Crippen LogP) is 0.635. The number of amides is 1. The maximum Gasteiger partial charge on any atom is 0.237 e. The summed E-state index contributed by atoms with van der Waals surface area (Å²) in [5, 5.41) is 12.6. The molecule has 0 aliphatic rings. The van der Waals surface area contributed by atoms with Crippen molar-refractivity contribution in [3.63, 3.8) is 0 Å². The lowest BCUT2D eigenvalue weighted by Crippen LogP contribution is -2.61. The molecule has 0 aliphatic heterocycles. The maximum absolute atomic E-state index is 11.7. The van der Waals surface area contributed by atoms with E-state index in [1.807, 2.05) is 13.8 Å². The average Bonchev–Trinajstić information content (AvgIpc) is 1.99. The Hall–Kier alpha value is -0.610. The molecule has 0 aromatic heterocycles. The van der Waals surface area contributed by atoms with E-state index in [9.17, 15) is 9.90 Å². The van der Waals surface area contributed by atoms with E-state index >= 15 is 0 Å². The largest absolute Gasteiger partial charge is 0.388 e. The number of nitrogens with one attached hydrogen (secondary N) is 1. The van der Waals surface area contributed by atoms with Crippen molar-refractivity contribution >= 4 is 5.91 Å². The molecule has 4 N–H and O–H groups in total. The Labute approximate surface area is 92.2 Å². The Morgan fingerprint density at radius 3 is 1.93 bits per heavy atom. The van der Waals surface area contributed by atoms with E-state index in [4.69, 9.17) is 5.73 Å². The fraction of sp³-hybridized carbons (Fsp3) is 0.909.